The molecule has 132 valence electrons. The number of carbonyl (C=O) groups is 1. The van der Waals surface area contributed by atoms with E-state index in [4.69, 9.17) is 4.74 Å². The molecule has 1 fully saturated rings. The molecule has 0 unspecified atom stereocenters. The molecule has 3 heterocycles. The fraction of sp³-hybridized carbons (Fsp3) is 0.500. The van der Waals surface area contributed by atoms with E-state index < -0.39 is 0 Å². The summed E-state index contributed by atoms with van der Waals surface area (Å²) in [7, 11) is 0. The van der Waals surface area contributed by atoms with Gasteiger partial charge in [-0.25, -0.2) is 4.98 Å². The number of aromatic nitrogens is 2. The fourth-order valence-electron chi connectivity index (χ4n) is 4.08. The zero-order valence-electron chi connectivity index (χ0n) is 14.7. The molecule has 0 radical (unpaired) electrons. The van der Waals surface area contributed by atoms with Crippen LogP contribution in [0.15, 0.2) is 36.7 Å². The molecular weight excluding hydrogens is 314 g/mol. The first-order chi connectivity index (χ1) is 12.3. The average molecular weight is 339 g/mol. The van der Waals surface area contributed by atoms with Gasteiger partial charge in [-0.05, 0) is 30.9 Å². The molecule has 2 aromatic rings. The molecule has 4 rings (SSSR count). The molecule has 2 aliphatic heterocycles. The van der Waals surface area contributed by atoms with Crippen LogP contribution in [0, 0.1) is 5.92 Å². The van der Waals surface area contributed by atoms with Crippen LogP contribution in [0.4, 0.5) is 0 Å². The van der Waals surface area contributed by atoms with Gasteiger partial charge in [0.1, 0.15) is 18.2 Å². The number of nitrogens with zero attached hydrogens (tertiary/aromatic N) is 3. The Morgan fingerprint density at radius 2 is 2.24 bits per heavy atom. The van der Waals surface area contributed by atoms with Gasteiger partial charge in [0.25, 0.3) is 0 Å². The summed E-state index contributed by atoms with van der Waals surface area (Å²) in [5.74, 6) is 2.20. The van der Waals surface area contributed by atoms with Crippen molar-refractivity contribution in [1.82, 2.24) is 14.5 Å². The lowest BCUT2D eigenvalue weighted by molar-refractivity contribution is -0.138. The Hall–Kier alpha value is -2.30. The van der Waals surface area contributed by atoms with Gasteiger partial charge in [0.15, 0.2) is 0 Å². The third kappa shape index (κ3) is 3.15. The molecular formula is C20H25N3O2. The second kappa shape index (κ2) is 6.90. The van der Waals surface area contributed by atoms with Crippen molar-refractivity contribution in [2.75, 3.05) is 19.7 Å². The summed E-state index contributed by atoms with van der Waals surface area (Å²) in [5, 5.41) is 0. The average Bonchev–Trinajstić information content (AvgIpc) is 3.16. The molecule has 2 aliphatic rings. The number of benzene rings is 1. The van der Waals surface area contributed by atoms with Gasteiger partial charge < -0.3 is 14.2 Å². The minimum atomic E-state index is -0.0675. The number of hydrogen-bond donors (Lipinski definition) is 0. The van der Waals surface area contributed by atoms with Crippen molar-refractivity contribution < 1.29 is 9.53 Å². The van der Waals surface area contributed by atoms with Crippen molar-refractivity contribution in [3.8, 4) is 5.75 Å². The number of carbonyl (C=O) groups excluding carboxylic acids is 1. The van der Waals surface area contributed by atoms with E-state index in [1.165, 1.54) is 0 Å². The standard InChI is InChI=1S/C20H25N3O2/c1-2-19-21-9-11-23(19)17-7-5-10-22(13-17)20(24)16-12-15-6-3-4-8-18(15)25-14-16/h3-4,6,8-9,11,16-17H,2,5,7,10,12-14H2,1H3/t16-,17-/m0/s1. The van der Waals surface area contributed by atoms with Crippen LogP contribution < -0.4 is 4.74 Å². The van der Waals surface area contributed by atoms with Gasteiger partial charge in [-0.3, -0.25) is 4.79 Å². The molecule has 0 bridgehead atoms. The number of piperidine rings is 1. The number of fused-ring (bicyclic) bond motifs is 1. The van der Waals surface area contributed by atoms with Gasteiger partial charge in [0.05, 0.1) is 12.0 Å². The molecule has 25 heavy (non-hydrogen) atoms. The number of imidazole rings is 1. The lowest BCUT2D eigenvalue weighted by Crippen LogP contribution is -2.46. The van der Waals surface area contributed by atoms with Crippen molar-refractivity contribution in [1.29, 1.82) is 0 Å². The number of likely N-dealkylation sites (tertiary alicyclic amines) is 1. The Kier molecular flexibility index (Phi) is 4.47. The maximum Gasteiger partial charge on any atom is 0.229 e. The maximum absolute atomic E-state index is 13.1. The number of aryl methyl sites for hydroxylation is 1. The Bertz CT molecular complexity index is 755. The Morgan fingerprint density at radius 3 is 3.12 bits per heavy atom. The van der Waals surface area contributed by atoms with Gasteiger partial charge in [0, 0.05) is 31.9 Å². The number of rotatable bonds is 3. The van der Waals surface area contributed by atoms with Crippen LogP contribution in [0.5, 0.6) is 5.75 Å². The van der Waals surface area contributed by atoms with Crippen LogP contribution in [-0.4, -0.2) is 40.1 Å². The van der Waals surface area contributed by atoms with E-state index in [-0.39, 0.29) is 11.8 Å². The number of ether oxygens (including phenoxy) is 1. The van der Waals surface area contributed by atoms with E-state index in [1.807, 2.05) is 29.3 Å². The monoisotopic (exact) mass is 339 g/mol. The van der Waals surface area contributed by atoms with E-state index in [0.29, 0.717) is 12.6 Å². The summed E-state index contributed by atoms with van der Waals surface area (Å²) in [6, 6.07) is 8.38. The molecule has 0 saturated carbocycles. The quantitative estimate of drug-likeness (QED) is 0.864. The van der Waals surface area contributed by atoms with E-state index >= 15 is 0 Å². The van der Waals surface area contributed by atoms with Gasteiger partial charge in [-0.1, -0.05) is 25.1 Å². The van der Waals surface area contributed by atoms with Crippen LogP contribution in [0.2, 0.25) is 0 Å². The lowest BCUT2D eigenvalue weighted by Gasteiger charge is -2.37. The molecule has 1 aromatic heterocycles. The van der Waals surface area contributed by atoms with Crippen molar-refractivity contribution in [3.63, 3.8) is 0 Å². The molecule has 5 nitrogen and oxygen atoms in total. The Balaban J connectivity index is 1.46. The number of para-hydroxylation sites is 1. The van der Waals surface area contributed by atoms with Crippen LogP contribution in [-0.2, 0) is 17.6 Å². The minimum absolute atomic E-state index is 0.0675. The highest BCUT2D eigenvalue weighted by molar-refractivity contribution is 5.80. The van der Waals surface area contributed by atoms with Gasteiger partial charge in [-0.15, -0.1) is 0 Å². The summed E-state index contributed by atoms with van der Waals surface area (Å²) in [6.45, 7) is 4.24. The van der Waals surface area contributed by atoms with Crippen LogP contribution >= 0.6 is 0 Å². The zero-order chi connectivity index (χ0) is 17.2. The highest BCUT2D eigenvalue weighted by atomic mass is 16.5. The number of amides is 1. The first-order valence-corrected chi connectivity index (χ1v) is 9.27. The van der Waals surface area contributed by atoms with E-state index in [0.717, 1.165) is 55.9 Å². The predicted molar refractivity (Wildman–Crippen MR) is 95.6 cm³/mol. The molecule has 1 amide bonds. The van der Waals surface area contributed by atoms with E-state index in [9.17, 15) is 4.79 Å². The first-order valence-electron chi connectivity index (χ1n) is 9.27. The van der Waals surface area contributed by atoms with Crippen molar-refractivity contribution in [2.24, 2.45) is 5.92 Å². The summed E-state index contributed by atoms with van der Waals surface area (Å²) in [4.78, 5) is 19.5. The molecule has 0 N–H and O–H groups in total. The lowest BCUT2D eigenvalue weighted by atomic mass is 9.94. The van der Waals surface area contributed by atoms with Gasteiger partial charge >= 0.3 is 0 Å². The van der Waals surface area contributed by atoms with Crippen LogP contribution in [0.3, 0.4) is 0 Å². The third-order valence-electron chi connectivity index (χ3n) is 5.39. The highest BCUT2D eigenvalue weighted by Gasteiger charge is 2.32. The summed E-state index contributed by atoms with van der Waals surface area (Å²) in [6.07, 6.45) is 7.77. The van der Waals surface area contributed by atoms with Crippen LogP contribution in [0.25, 0.3) is 0 Å². The second-order valence-corrected chi connectivity index (χ2v) is 7.00. The van der Waals surface area contributed by atoms with E-state index in [2.05, 4.69) is 28.7 Å². The van der Waals surface area contributed by atoms with Gasteiger partial charge in [-0.2, -0.15) is 0 Å². The van der Waals surface area contributed by atoms with Crippen molar-refractivity contribution in [2.45, 2.75) is 38.6 Å². The molecule has 0 spiro atoms. The normalized spacial score (nSPS) is 23.0. The fourth-order valence-corrected chi connectivity index (χ4v) is 4.08. The van der Waals surface area contributed by atoms with Crippen molar-refractivity contribution in [3.05, 3.63) is 48.0 Å². The molecule has 5 heteroatoms. The SMILES string of the molecule is CCc1nccn1[C@H]1CCCN(C(=O)[C@@H]2COc3ccccc3C2)C1. The Labute approximate surface area is 148 Å². The van der Waals surface area contributed by atoms with Crippen LogP contribution in [0.1, 0.15) is 37.2 Å². The largest absolute Gasteiger partial charge is 0.492 e. The smallest absolute Gasteiger partial charge is 0.229 e. The number of hydrogen-bond acceptors (Lipinski definition) is 3. The minimum Gasteiger partial charge on any atom is -0.492 e. The maximum atomic E-state index is 13.1. The topological polar surface area (TPSA) is 47.4 Å². The van der Waals surface area contributed by atoms with Crippen molar-refractivity contribution >= 4 is 5.91 Å². The summed E-state index contributed by atoms with van der Waals surface area (Å²) >= 11 is 0. The zero-order valence-corrected chi connectivity index (χ0v) is 14.7. The summed E-state index contributed by atoms with van der Waals surface area (Å²) in [5.41, 5.74) is 1.14. The summed E-state index contributed by atoms with van der Waals surface area (Å²) < 4.78 is 8.08. The third-order valence-corrected chi connectivity index (χ3v) is 5.39. The molecule has 2 atom stereocenters. The predicted octanol–water partition coefficient (Wildman–Crippen LogP) is 2.86. The molecule has 0 aliphatic carbocycles. The highest BCUT2D eigenvalue weighted by Crippen LogP contribution is 2.30. The Morgan fingerprint density at radius 1 is 1.36 bits per heavy atom. The second-order valence-electron chi connectivity index (χ2n) is 7.00. The van der Waals surface area contributed by atoms with E-state index in [1.54, 1.807) is 0 Å². The first kappa shape index (κ1) is 16.2. The van der Waals surface area contributed by atoms with Gasteiger partial charge in [0.2, 0.25) is 5.91 Å². The molecule has 1 saturated heterocycles. The molecule has 1 aromatic carbocycles.